The Labute approximate surface area is 257 Å². The highest BCUT2D eigenvalue weighted by Crippen LogP contribution is 2.26. The van der Waals surface area contributed by atoms with Gasteiger partial charge in [0.05, 0.1) is 0 Å². The van der Waals surface area contributed by atoms with Crippen molar-refractivity contribution in [3.63, 3.8) is 0 Å². The van der Waals surface area contributed by atoms with Crippen molar-refractivity contribution in [1.82, 2.24) is 0 Å². The van der Waals surface area contributed by atoms with Crippen molar-refractivity contribution in [3.8, 4) is 0 Å². The molecule has 2 atom stereocenters. The minimum atomic E-state index is 0.954. The van der Waals surface area contributed by atoms with Gasteiger partial charge in [0.1, 0.15) is 0 Å². The monoisotopic (exact) mass is 563 g/mol. The van der Waals surface area contributed by atoms with Gasteiger partial charge in [-0.2, -0.15) is 0 Å². The molecule has 0 fully saturated rings. The lowest BCUT2D eigenvalue weighted by Gasteiger charge is -2.18. The normalized spacial score (nSPS) is 13.2. The number of rotatable bonds is 35. The van der Waals surface area contributed by atoms with E-state index < -0.39 is 0 Å². The molecule has 0 spiro atoms. The zero-order valence-electron chi connectivity index (χ0n) is 29.2. The first kappa shape index (κ1) is 40.0. The van der Waals surface area contributed by atoms with E-state index >= 15 is 0 Å². The average Bonchev–Trinajstić information content (AvgIpc) is 2.96. The van der Waals surface area contributed by atoms with E-state index in [0.29, 0.717) is 0 Å². The zero-order chi connectivity index (χ0) is 29.2. The molecule has 0 aromatic rings. The summed E-state index contributed by atoms with van der Waals surface area (Å²) in [5, 5.41) is 0. The molecule has 0 aliphatic carbocycles. The standard InChI is InChI=1S/C40H82/c1-5-8-11-14-17-19-20-21-22-23-24-25-27-30-34-39(4)35-33-38-40(36-31-28-16-13-10-7-3)37-32-29-26-18-15-12-9-6-2/h39-40H,5-38H2,1-4H3. The van der Waals surface area contributed by atoms with E-state index in [2.05, 4.69) is 27.7 Å². The Morgan fingerprint density at radius 1 is 0.250 bits per heavy atom. The van der Waals surface area contributed by atoms with Crippen molar-refractivity contribution in [2.24, 2.45) is 11.8 Å². The fourth-order valence-corrected chi connectivity index (χ4v) is 6.80. The lowest BCUT2D eigenvalue weighted by Crippen LogP contribution is -2.03. The van der Waals surface area contributed by atoms with Gasteiger partial charge in [-0.3, -0.25) is 0 Å². The highest BCUT2D eigenvalue weighted by atomic mass is 14.2. The molecule has 0 rings (SSSR count). The average molecular weight is 563 g/mol. The van der Waals surface area contributed by atoms with E-state index in [4.69, 9.17) is 0 Å². The van der Waals surface area contributed by atoms with Crippen molar-refractivity contribution in [1.29, 1.82) is 0 Å². The highest BCUT2D eigenvalue weighted by Gasteiger charge is 2.10. The van der Waals surface area contributed by atoms with Crippen molar-refractivity contribution in [2.75, 3.05) is 0 Å². The molecule has 0 N–H and O–H groups in total. The van der Waals surface area contributed by atoms with Crippen LogP contribution in [0, 0.1) is 11.8 Å². The Kier molecular flexibility index (Phi) is 35.2. The van der Waals surface area contributed by atoms with Crippen LogP contribution in [0.1, 0.15) is 246 Å². The maximum Gasteiger partial charge on any atom is -0.0414 e. The van der Waals surface area contributed by atoms with E-state index in [1.807, 2.05) is 0 Å². The van der Waals surface area contributed by atoms with Crippen LogP contribution < -0.4 is 0 Å². The van der Waals surface area contributed by atoms with Crippen LogP contribution in [0.5, 0.6) is 0 Å². The molecule has 0 amide bonds. The van der Waals surface area contributed by atoms with Gasteiger partial charge in [0.25, 0.3) is 0 Å². The summed E-state index contributed by atoms with van der Waals surface area (Å²) in [4.78, 5) is 0. The first-order chi connectivity index (χ1) is 19.7. The van der Waals surface area contributed by atoms with Crippen LogP contribution in [-0.4, -0.2) is 0 Å². The highest BCUT2D eigenvalue weighted by molar-refractivity contribution is 4.64. The maximum atomic E-state index is 2.55. The summed E-state index contributed by atoms with van der Waals surface area (Å²) in [6.45, 7) is 9.52. The molecule has 0 saturated carbocycles. The molecule has 0 bridgehead atoms. The van der Waals surface area contributed by atoms with Crippen LogP contribution in [0.3, 0.4) is 0 Å². The molecule has 2 unspecified atom stereocenters. The van der Waals surface area contributed by atoms with Gasteiger partial charge in [-0.1, -0.05) is 246 Å². The second kappa shape index (κ2) is 35.2. The predicted molar refractivity (Wildman–Crippen MR) is 187 cm³/mol. The Bertz CT molecular complexity index is 426. The van der Waals surface area contributed by atoms with Gasteiger partial charge in [0, 0.05) is 0 Å². The van der Waals surface area contributed by atoms with Crippen molar-refractivity contribution in [3.05, 3.63) is 0 Å². The molecule has 0 heteroatoms. The van der Waals surface area contributed by atoms with Gasteiger partial charge in [0.2, 0.25) is 0 Å². The number of unbranched alkanes of at least 4 members (excludes halogenated alkanes) is 25. The Hall–Kier alpha value is 0. The third-order valence-corrected chi connectivity index (χ3v) is 9.79. The smallest absolute Gasteiger partial charge is 0.0414 e. The molecule has 0 nitrogen and oxygen atoms in total. The molecule has 0 aliphatic heterocycles. The van der Waals surface area contributed by atoms with Gasteiger partial charge < -0.3 is 0 Å². The van der Waals surface area contributed by atoms with Crippen LogP contribution in [0.2, 0.25) is 0 Å². The molecule has 0 aromatic carbocycles. The number of hydrogen-bond donors (Lipinski definition) is 0. The van der Waals surface area contributed by atoms with Gasteiger partial charge in [-0.25, -0.2) is 0 Å². The lowest BCUT2D eigenvalue weighted by atomic mass is 9.88. The fraction of sp³-hybridized carbons (Fsp3) is 1.00. The third-order valence-electron chi connectivity index (χ3n) is 9.79. The molecule has 0 radical (unpaired) electrons. The van der Waals surface area contributed by atoms with E-state index in [0.717, 1.165) is 11.8 Å². The second-order valence-electron chi connectivity index (χ2n) is 14.1. The molecule has 242 valence electrons. The summed E-state index contributed by atoms with van der Waals surface area (Å²) in [5.41, 5.74) is 0. The van der Waals surface area contributed by atoms with Crippen LogP contribution in [0.15, 0.2) is 0 Å². The van der Waals surface area contributed by atoms with Gasteiger partial charge in [-0.05, 0) is 11.8 Å². The van der Waals surface area contributed by atoms with E-state index in [-0.39, 0.29) is 0 Å². The van der Waals surface area contributed by atoms with Crippen LogP contribution in [0.25, 0.3) is 0 Å². The van der Waals surface area contributed by atoms with E-state index in [1.165, 1.54) is 218 Å². The first-order valence-electron chi connectivity index (χ1n) is 19.7. The minimum absolute atomic E-state index is 0.954. The predicted octanol–water partition coefficient (Wildman–Crippen LogP) is 15.6. The Morgan fingerprint density at radius 3 is 0.800 bits per heavy atom. The maximum absolute atomic E-state index is 2.55. The fourth-order valence-electron chi connectivity index (χ4n) is 6.80. The summed E-state index contributed by atoms with van der Waals surface area (Å²) in [7, 11) is 0. The first-order valence-corrected chi connectivity index (χ1v) is 19.7. The minimum Gasteiger partial charge on any atom is -0.0654 e. The van der Waals surface area contributed by atoms with Crippen molar-refractivity contribution < 1.29 is 0 Å². The molecule has 40 heavy (non-hydrogen) atoms. The molecular weight excluding hydrogens is 480 g/mol. The largest absolute Gasteiger partial charge is 0.0654 e. The quantitative estimate of drug-likeness (QED) is 0.0674. The SMILES string of the molecule is CCCCCCCCCCCCCCCCC(C)CCCC(CCCCCCCC)CCCCCCCCCC. The van der Waals surface area contributed by atoms with Gasteiger partial charge >= 0.3 is 0 Å². The zero-order valence-corrected chi connectivity index (χ0v) is 29.2. The molecule has 0 aliphatic rings. The topological polar surface area (TPSA) is 0 Å². The Morgan fingerprint density at radius 2 is 0.475 bits per heavy atom. The summed E-state index contributed by atoms with van der Waals surface area (Å²) in [5.74, 6) is 1.98. The molecule has 0 aromatic heterocycles. The summed E-state index contributed by atoms with van der Waals surface area (Å²) >= 11 is 0. The Balaban J connectivity index is 3.79. The van der Waals surface area contributed by atoms with Crippen LogP contribution in [0.4, 0.5) is 0 Å². The van der Waals surface area contributed by atoms with Gasteiger partial charge in [-0.15, -0.1) is 0 Å². The number of hydrogen-bond acceptors (Lipinski definition) is 0. The molecule has 0 saturated heterocycles. The summed E-state index contributed by atoms with van der Waals surface area (Å²) < 4.78 is 0. The lowest BCUT2D eigenvalue weighted by molar-refractivity contribution is 0.348. The molecular formula is C40H82. The van der Waals surface area contributed by atoms with E-state index in [1.54, 1.807) is 0 Å². The van der Waals surface area contributed by atoms with Crippen LogP contribution in [-0.2, 0) is 0 Å². The van der Waals surface area contributed by atoms with Crippen molar-refractivity contribution >= 4 is 0 Å². The van der Waals surface area contributed by atoms with E-state index in [9.17, 15) is 0 Å². The van der Waals surface area contributed by atoms with Crippen molar-refractivity contribution in [2.45, 2.75) is 246 Å². The third kappa shape index (κ3) is 32.5. The summed E-state index contributed by atoms with van der Waals surface area (Å²) in [6, 6.07) is 0. The summed E-state index contributed by atoms with van der Waals surface area (Å²) in [6.07, 6.45) is 50.2. The molecule has 0 heterocycles. The second-order valence-corrected chi connectivity index (χ2v) is 14.1. The van der Waals surface area contributed by atoms with Crippen LogP contribution >= 0.6 is 0 Å². The van der Waals surface area contributed by atoms with Gasteiger partial charge in [0.15, 0.2) is 0 Å².